The van der Waals surface area contributed by atoms with Crippen molar-refractivity contribution in [3.63, 3.8) is 0 Å². The lowest BCUT2D eigenvalue weighted by Gasteiger charge is -2.27. The van der Waals surface area contributed by atoms with Gasteiger partial charge < -0.3 is 10.4 Å². The van der Waals surface area contributed by atoms with Gasteiger partial charge in [-0.15, -0.1) is 0 Å². The van der Waals surface area contributed by atoms with Gasteiger partial charge >= 0.3 is 0 Å². The van der Waals surface area contributed by atoms with Gasteiger partial charge in [0.05, 0.1) is 17.6 Å². The molecule has 1 saturated carbocycles. The zero-order chi connectivity index (χ0) is 13.4. The van der Waals surface area contributed by atoms with Gasteiger partial charge in [-0.2, -0.15) is 0 Å². The zero-order valence-corrected chi connectivity index (χ0v) is 11.4. The van der Waals surface area contributed by atoms with Crippen LogP contribution < -0.4 is 5.32 Å². The Labute approximate surface area is 112 Å². The molecule has 0 bridgehead atoms. The normalized spacial score (nSPS) is 17.3. The lowest BCUT2D eigenvalue weighted by atomic mass is 9.93. The average Bonchev–Trinajstić information content (AvgIpc) is 3.09. The van der Waals surface area contributed by atoms with E-state index in [-0.39, 0.29) is 12.5 Å². The molecular formula is C14H18ClNO2. The van der Waals surface area contributed by atoms with E-state index in [1.807, 2.05) is 18.2 Å². The molecule has 2 rings (SSSR count). The topological polar surface area (TPSA) is 49.3 Å². The molecule has 0 heterocycles. The Hall–Kier alpha value is -1.06. The van der Waals surface area contributed by atoms with Crippen molar-refractivity contribution in [3.8, 4) is 0 Å². The number of amides is 1. The zero-order valence-electron chi connectivity index (χ0n) is 10.7. The number of halogens is 1. The van der Waals surface area contributed by atoms with Crippen LogP contribution in [0.3, 0.4) is 0 Å². The molecular weight excluding hydrogens is 250 g/mol. The molecule has 3 nitrogen and oxygen atoms in total. The Bertz CT molecular complexity index is 467. The van der Waals surface area contributed by atoms with Crippen LogP contribution in [0.15, 0.2) is 24.3 Å². The van der Waals surface area contributed by atoms with E-state index in [0.717, 1.165) is 18.4 Å². The summed E-state index contributed by atoms with van der Waals surface area (Å²) in [6.07, 6.45) is 1.67. The largest absolute Gasteiger partial charge is 0.394 e. The van der Waals surface area contributed by atoms with E-state index >= 15 is 0 Å². The minimum Gasteiger partial charge on any atom is -0.394 e. The Kier molecular flexibility index (Phi) is 3.39. The molecule has 0 unspecified atom stereocenters. The van der Waals surface area contributed by atoms with Crippen LogP contribution in [0.4, 0.5) is 0 Å². The average molecular weight is 268 g/mol. The van der Waals surface area contributed by atoms with E-state index in [1.165, 1.54) is 0 Å². The molecule has 0 aromatic heterocycles. The fraction of sp³-hybridized carbons (Fsp3) is 0.500. The van der Waals surface area contributed by atoms with Crippen molar-refractivity contribution in [2.75, 3.05) is 6.61 Å². The molecule has 0 radical (unpaired) electrons. The van der Waals surface area contributed by atoms with Crippen molar-refractivity contribution in [3.05, 3.63) is 34.9 Å². The van der Waals surface area contributed by atoms with Crippen LogP contribution in [-0.2, 0) is 10.2 Å². The third-order valence-electron chi connectivity index (χ3n) is 3.41. The SMILES string of the molecule is CC(C)(CO)NC(=O)C1(c2cccc(Cl)c2)CC1. The predicted octanol–water partition coefficient (Wildman–Crippen LogP) is 2.26. The molecule has 0 spiro atoms. The summed E-state index contributed by atoms with van der Waals surface area (Å²) >= 11 is 5.97. The fourth-order valence-corrected chi connectivity index (χ4v) is 2.21. The molecule has 0 aliphatic heterocycles. The molecule has 18 heavy (non-hydrogen) atoms. The lowest BCUT2D eigenvalue weighted by Crippen LogP contribution is -2.50. The van der Waals surface area contributed by atoms with E-state index in [4.69, 9.17) is 11.6 Å². The molecule has 98 valence electrons. The van der Waals surface area contributed by atoms with Gasteiger partial charge in [0.15, 0.2) is 0 Å². The summed E-state index contributed by atoms with van der Waals surface area (Å²) in [5, 5.41) is 12.7. The molecule has 2 N–H and O–H groups in total. The van der Waals surface area contributed by atoms with Crippen molar-refractivity contribution >= 4 is 17.5 Å². The first-order valence-corrected chi connectivity index (χ1v) is 6.47. The van der Waals surface area contributed by atoms with Gasteiger partial charge in [-0.25, -0.2) is 0 Å². The highest BCUT2D eigenvalue weighted by Gasteiger charge is 2.52. The summed E-state index contributed by atoms with van der Waals surface area (Å²) < 4.78 is 0. The second-order valence-corrected chi connectivity index (χ2v) is 6.03. The van der Waals surface area contributed by atoms with Gasteiger partial charge in [-0.05, 0) is 44.4 Å². The van der Waals surface area contributed by atoms with Crippen LogP contribution in [0.2, 0.25) is 5.02 Å². The van der Waals surface area contributed by atoms with Crippen molar-refractivity contribution in [1.29, 1.82) is 0 Å². The molecule has 1 aromatic carbocycles. The van der Waals surface area contributed by atoms with Crippen molar-refractivity contribution < 1.29 is 9.90 Å². The van der Waals surface area contributed by atoms with Crippen LogP contribution in [0.5, 0.6) is 0 Å². The first-order chi connectivity index (χ1) is 8.39. The van der Waals surface area contributed by atoms with Crippen LogP contribution >= 0.6 is 11.6 Å². The minimum atomic E-state index is -0.592. The maximum Gasteiger partial charge on any atom is 0.231 e. The van der Waals surface area contributed by atoms with E-state index in [2.05, 4.69) is 5.32 Å². The van der Waals surface area contributed by atoms with Gasteiger partial charge in [0, 0.05) is 5.02 Å². The van der Waals surface area contributed by atoms with Crippen LogP contribution in [0.1, 0.15) is 32.3 Å². The quantitative estimate of drug-likeness (QED) is 0.879. The van der Waals surface area contributed by atoms with E-state index in [0.29, 0.717) is 5.02 Å². The molecule has 1 fully saturated rings. The van der Waals surface area contributed by atoms with Gasteiger partial charge in [0.1, 0.15) is 0 Å². The molecule has 1 aromatic rings. The first-order valence-electron chi connectivity index (χ1n) is 6.09. The van der Waals surface area contributed by atoms with Gasteiger partial charge in [0.25, 0.3) is 0 Å². The number of nitrogens with one attached hydrogen (secondary N) is 1. The summed E-state index contributed by atoms with van der Waals surface area (Å²) in [6.45, 7) is 3.53. The van der Waals surface area contributed by atoms with E-state index in [1.54, 1.807) is 19.9 Å². The highest BCUT2D eigenvalue weighted by atomic mass is 35.5. The minimum absolute atomic E-state index is 0.0242. The fourth-order valence-electron chi connectivity index (χ4n) is 2.02. The number of benzene rings is 1. The summed E-state index contributed by atoms with van der Waals surface area (Å²) in [7, 11) is 0. The van der Waals surface area contributed by atoms with Crippen LogP contribution in [0, 0.1) is 0 Å². The Morgan fingerprint density at radius 3 is 2.67 bits per heavy atom. The van der Waals surface area contributed by atoms with E-state index < -0.39 is 11.0 Å². The molecule has 4 heteroatoms. The van der Waals surface area contributed by atoms with Crippen LogP contribution in [0.25, 0.3) is 0 Å². The number of hydrogen-bond donors (Lipinski definition) is 2. The third kappa shape index (κ3) is 2.52. The first kappa shape index (κ1) is 13.4. The van der Waals surface area contributed by atoms with Crippen LogP contribution in [-0.4, -0.2) is 23.2 Å². The monoisotopic (exact) mass is 267 g/mol. The highest BCUT2D eigenvalue weighted by Crippen LogP contribution is 2.49. The number of aliphatic hydroxyl groups is 1. The van der Waals surface area contributed by atoms with Crippen molar-refractivity contribution in [1.82, 2.24) is 5.32 Å². The molecule has 1 aliphatic carbocycles. The summed E-state index contributed by atoms with van der Waals surface area (Å²) in [4.78, 5) is 12.3. The van der Waals surface area contributed by atoms with E-state index in [9.17, 15) is 9.90 Å². The summed E-state index contributed by atoms with van der Waals surface area (Å²) in [5.74, 6) is -0.0242. The highest BCUT2D eigenvalue weighted by molar-refractivity contribution is 6.30. The van der Waals surface area contributed by atoms with Gasteiger partial charge in [0.2, 0.25) is 5.91 Å². The Morgan fingerprint density at radius 2 is 2.17 bits per heavy atom. The van der Waals surface area contributed by atoms with Gasteiger partial charge in [-0.3, -0.25) is 4.79 Å². The number of carbonyl (C=O) groups excluding carboxylic acids is 1. The second-order valence-electron chi connectivity index (χ2n) is 5.59. The Balaban J connectivity index is 2.20. The lowest BCUT2D eigenvalue weighted by molar-refractivity contribution is -0.125. The summed E-state index contributed by atoms with van der Waals surface area (Å²) in [6, 6.07) is 7.45. The molecule has 1 amide bonds. The summed E-state index contributed by atoms with van der Waals surface area (Å²) in [5.41, 5.74) is -0.0796. The molecule has 0 saturated heterocycles. The number of aliphatic hydroxyl groups excluding tert-OH is 1. The van der Waals surface area contributed by atoms with Gasteiger partial charge in [-0.1, -0.05) is 23.7 Å². The smallest absolute Gasteiger partial charge is 0.231 e. The van der Waals surface area contributed by atoms with Crippen molar-refractivity contribution in [2.24, 2.45) is 0 Å². The molecule has 0 atom stereocenters. The predicted molar refractivity (Wildman–Crippen MR) is 71.7 cm³/mol. The van der Waals surface area contributed by atoms with Crippen molar-refractivity contribution in [2.45, 2.75) is 37.6 Å². The standard InChI is InChI=1S/C14H18ClNO2/c1-13(2,9-17)16-12(18)14(6-7-14)10-4-3-5-11(15)8-10/h3-5,8,17H,6-7,9H2,1-2H3,(H,16,18). The number of hydrogen-bond acceptors (Lipinski definition) is 2. The Morgan fingerprint density at radius 1 is 1.50 bits per heavy atom. The third-order valence-corrected chi connectivity index (χ3v) is 3.64. The molecule has 1 aliphatic rings. The number of carbonyl (C=O) groups is 1. The second kappa shape index (κ2) is 4.56. The maximum absolute atomic E-state index is 12.3. The maximum atomic E-state index is 12.3. The number of rotatable bonds is 4.